The highest BCUT2D eigenvalue weighted by Crippen LogP contribution is 2.30. The molecule has 3 aromatic rings. The molecule has 1 aromatic carbocycles. The Balaban J connectivity index is 1.57. The highest BCUT2D eigenvalue weighted by molar-refractivity contribution is 6.12. The van der Waals surface area contributed by atoms with E-state index in [0.717, 1.165) is 23.0 Å². The van der Waals surface area contributed by atoms with Crippen molar-refractivity contribution < 1.29 is 32.2 Å². The number of nitrogens with zero attached hydrogens (tertiary/aromatic N) is 5. The van der Waals surface area contributed by atoms with Crippen LogP contribution >= 0.6 is 0 Å². The van der Waals surface area contributed by atoms with Gasteiger partial charge >= 0.3 is 6.03 Å². The van der Waals surface area contributed by atoms with E-state index in [0.29, 0.717) is 35.4 Å². The zero-order chi connectivity index (χ0) is 30.4. The summed E-state index contributed by atoms with van der Waals surface area (Å²) in [6.07, 6.45) is 5.47. The first-order valence-corrected chi connectivity index (χ1v) is 12.2. The topological polar surface area (TPSA) is 124 Å². The van der Waals surface area contributed by atoms with Gasteiger partial charge in [-0.2, -0.15) is 13.9 Å². The second-order valence-electron chi connectivity index (χ2n) is 8.70. The third-order valence-corrected chi connectivity index (χ3v) is 5.76. The van der Waals surface area contributed by atoms with E-state index in [9.17, 15) is 18.0 Å². The number of hydrogen-bond acceptors (Lipinski definition) is 8. The molecule has 1 aliphatic rings. The number of allylic oxidation sites excluding steroid dienone is 3. The predicted molar refractivity (Wildman–Crippen MR) is 151 cm³/mol. The molecule has 0 unspecified atom stereocenters. The van der Waals surface area contributed by atoms with Crippen LogP contribution in [-0.2, 0) is 15.4 Å². The first-order chi connectivity index (χ1) is 20.1. The minimum absolute atomic E-state index is 0.0320. The Bertz CT molecular complexity index is 1640. The molecular formula is C28H26F3N7O4. The number of nitrogens with one attached hydrogen (secondary N) is 2. The SMILES string of the molecule is C=N/C(Oc1cccc(NC(=O)Nc2cc(C(C)(F)F)nn2-c2cncc(F)c2)c1)=C1/C=C(OC)C(OC)=CC1=NC. The minimum Gasteiger partial charge on any atom is -0.493 e. The molecule has 2 N–H and O–H groups in total. The van der Waals surface area contributed by atoms with E-state index in [1.807, 2.05) is 0 Å². The highest BCUT2D eigenvalue weighted by atomic mass is 19.3. The first kappa shape index (κ1) is 29.6. The summed E-state index contributed by atoms with van der Waals surface area (Å²) in [5.74, 6) is -2.88. The zero-order valence-electron chi connectivity index (χ0n) is 23.0. The average molecular weight is 582 g/mol. The summed E-state index contributed by atoms with van der Waals surface area (Å²) in [6.45, 7) is 4.24. The summed E-state index contributed by atoms with van der Waals surface area (Å²) >= 11 is 0. The number of urea groups is 1. The quantitative estimate of drug-likeness (QED) is 0.251. The summed E-state index contributed by atoms with van der Waals surface area (Å²) in [5.41, 5.74) is 0.673. The van der Waals surface area contributed by atoms with Gasteiger partial charge in [-0.15, -0.1) is 0 Å². The number of amides is 2. The molecule has 0 spiro atoms. The number of alkyl halides is 2. The summed E-state index contributed by atoms with van der Waals surface area (Å²) in [6, 6.07) is 7.56. The molecule has 4 rings (SSSR count). The molecule has 14 heteroatoms. The van der Waals surface area contributed by atoms with Gasteiger partial charge in [-0.25, -0.2) is 18.9 Å². The molecule has 0 radical (unpaired) electrons. The molecule has 0 aliphatic heterocycles. The number of carbonyl (C=O) groups excluding carboxylic acids is 1. The largest absolute Gasteiger partial charge is 0.493 e. The standard InChI is InChI=1S/C28H26F3N7O4/c1-28(30,31)24-13-25(38(37-24)18-9-16(29)14-34-15-18)36-27(39)35-17-7-6-8-19(10-17)42-26(33-3)20-11-22(40-4)23(41-5)12-21(20)32-2/h6-15H,3H2,1-2,4-5H3,(H2,35,36,39)/b26-20+,32-21?. The number of benzene rings is 1. The Morgan fingerprint density at radius 3 is 2.45 bits per heavy atom. The first-order valence-electron chi connectivity index (χ1n) is 12.2. The average Bonchev–Trinajstić information content (AvgIpc) is 3.39. The Kier molecular flexibility index (Phi) is 8.74. The monoisotopic (exact) mass is 581 g/mol. The number of pyridine rings is 1. The molecule has 0 fully saturated rings. The number of methoxy groups -OCH3 is 2. The lowest BCUT2D eigenvalue weighted by Gasteiger charge is -2.18. The molecule has 218 valence electrons. The molecule has 0 atom stereocenters. The summed E-state index contributed by atoms with van der Waals surface area (Å²) in [5, 5.41) is 8.89. The van der Waals surface area contributed by atoms with Gasteiger partial charge < -0.3 is 19.5 Å². The number of aromatic nitrogens is 3. The van der Waals surface area contributed by atoms with E-state index in [-0.39, 0.29) is 23.1 Å². The highest BCUT2D eigenvalue weighted by Gasteiger charge is 2.30. The lowest BCUT2D eigenvalue weighted by molar-refractivity contribution is 0.0124. The molecular weight excluding hydrogens is 555 g/mol. The maximum atomic E-state index is 14.0. The van der Waals surface area contributed by atoms with Crippen LogP contribution in [0.1, 0.15) is 12.6 Å². The zero-order valence-corrected chi connectivity index (χ0v) is 23.0. The normalized spacial score (nSPS) is 15.4. The number of anilines is 2. The molecule has 2 heterocycles. The van der Waals surface area contributed by atoms with E-state index >= 15 is 0 Å². The molecule has 0 saturated carbocycles. The van der Waals surface area contributed by atoms with Gasteiger partial charge in [0.2, 0.25) is 5.88 Å². The van der Waals surface area contributed by atoms with E-state index in [4.69, 9.17) is 14.2 Å². The third kappa shape index (κ3) is 6.66. The van der Waals surface area contributed by atoms with Crippen LogP contribution in [0.25, 0.3) is 5.69 Å². The van der Waals surface area contributed by atoms with Gasteiger partial charge in [0.15, 0.2) is 11.5 Å². The summed E-state index contributed by atoms with van der Waals surface area (Å²) < 4.78 is 59.4. The summed E-state index contributed by atoms with van der Waals surface area (Å²) in [4.78, 5) is 24.8. The maximum absolute atomic E-state index is 14.0. The van der Waals surface area contributed by atoms with Gasteiger partial charge in [-0.3, -0.25) is 15.3 Å². The molecule has 2 aromatic heterocycles. The second kappa shape index (κ2) is 12.4. The molecule has 0 bridgehead atoms. The van der Waals surface area contributed by atoms with Gasteiger partial charge in [-0.05, 0) is 24.9 Å². The van der Waals surface area contributed by atoms with Crippen molar-refractivity contribution in [2.75, 3.05) is 31.9 Å². The fraction of sp³-hybridized carbons (Fsp3) is 0.179. The van der Waals surface area contributed by atoms with Gasteiger partial charge in [0, 0.05) is 43.9 Å². The van der Waals surface area contributed by atoms with Crippen LogP contribution in [0.5, 0.6) is 5.75 Å². The van der Waals surface area contributed by atoms with Crippen LogP contribution in [0.2, 0.25) is 0 Å². The van der Waals surface area contributed by atoms with E-state index in [1.54, 1.807) is 37.4 Å². The smallest absolute Gasteiger partial charge is 0.324 e. The number of halogens is 3. The minimum atomic E-state index is -3.32. The number of aliphatic imine (C=N–C) groups is 2. The van der Waals surface area contributed by atoms with Crippen LogP contribution in [-0.4, -0.2) is 54.5 Å². The Morgan fingerprint density at radius 2 is 1.81 bits per heavy atom. The summed E-state index contributed by atoms with van der Waals surface area (Å²) in [7, 11) is 4.59. The van der Waals surface area contributed by atoms with Crippen LogP contribution in [0, 0.1) is 5.82 Å². The van der Waals surface area contributed by atoms with Gasteiger partial charge in [0.25, 0.3) is 5.92 Å². The van der Waals surface area contributed by atoms with Crippen molar-refractivity contribution in [3.8, 4) is 11.4 Å². The van der Waals surface area contributed by atoms with Crippen molar-refractivity contribution in [3.63, 3.8) is 0 Å². The van der Waals surface area contributed by atoms with Crippen molar-refractivity contribution >= 4 is 30.0 Å². The van der Waals surface area contributed by atoms with Crippen molar-refractivity contribution in [2.45, 2.75) is 12.8 Å². The lowest BCUT2D eigenvalue weighted by Crippen LogP contribution is -2.21. The van der Waals surface area contributed by atoms with Crippen molar-refractivity contribution in [1.29, 1.82) is 0 Å². The fourth-order valence-corrected chi connectivity index (χ4v) is 3.82. The Hall–Kier alpha value is -5.40. The van der Waals surface area contributed by atoms with E-state index < -0.39 is 23.5 Å². The van der Waals surface area contributed by atoms with Crippen LogP contribution in [0.4, 0.5) is 29.5 Å². The molecule has 2 amide bonds. The van der Waals surface area contributed by atoms with Crippen molar-refractivity contribution in [1.82, 2.24) is 14.8 Å². The van der Waals surface area contributed by atoms with Crippen LogP contribution in [0.15, 0.2) is 93.9 Å². The number of hydrogen-bond donors (Lipinski definition) is 2. The van der Waals surface area contributed by atoms with E-state index in [2.05, 4.69) is 37.4 Å². The fourth-order valence-electron chi connectivity index (χ4n) is 3.82. The van der Waals surface area contributed by atoms with E-state index in [1.165, 1.54) is 26.5 Å². The Morgan fingerprint density at radius 1 is 1.07 bits per heavy atom. The van der Waals surface area contributed by atoms with Crippen LogP contribution in [0.3, 0.4) is 0 Å². The molecule has 1 aliphatic carbocycles. The van der Waals surface area contributed by atoms with Gasteiger partial charge in [0.1, 0.15) is 23.1 Å². The maximum Gasteiger partial charge on any atom is 0.324 e. The lowest BCUT2D eigenvalue weighted by atomic mass is 10.0. The van der Waals surface area contributed by atoms with Gasteiger partial charge in [0.05, 0.1) is 43.6 Å². The third-order valence-electron chi connectivity index (χ3n) is 5.76. The molecule has 0 saturated heterocycles. The molecule has 11 nitrogen and oxygen atoms in total. The number of carbonyl (C=O) groups is 1. The van der Waals surface area contributed by atoms with Crippen molar-refractivity contribution in [3.05, 3.63) is 95.4 Å². The molecule has 42 heavy (non-hydrogen) atoms. The second-order valence-corrected chi connectivity index (χ2v) is 8.70. The van der Waals surface area contributed by atoms with Gasteiger partial charge in [-0.1, -0.05) is 6.07 Å². The number of ether oxygens (including phenoxy) is 3. The van der Waals surface area contributed by atoms with Crippen molar-refractivity contribution in [2.24, 2.45) is 9.98 Å². The predicted octanol–water partition coefficient (Wildman–Crippen LogP) is 5.60. The number of rotatable bonds is 9. The Labute approximate surface area is 238 Å². The van der Waals surface area contributed by atoms with Crippen LogP contribution < -0.4 is 15.4 Å².